The van der Waals surface area contributed by atoms with Crippen LogP contribution in [0.1, 0.15) is 35.2 Å². The Morgan fingerprint density at radius 1 is 0.941 bits per heavy atom. The van der Waals surface area contributed by atoms with Gasteiger partial charge in [0.1, 0.15) is 12.4 Å². The molecule has 0 amide bonds. The third-order valence-corrected chi connectivity index (χ3v) is 5.27. The fourth-order valence-electron chi connectivity index (χ4n) is 2.67. The van der Waals surface area contributed by atoms with E-state index in [0.29, 0.717) is 29.1 Å². The number of ether oxygens (including phenoxy) is 1. The van der Waals surface area contributed by atoms with Crippen molar-refractivity contribution in [2.24, 2.45) is 0 Å². The molecule has 0 radical (unpaired) electrons. The summed E-state index contributed by atoms with van der Waals surface area (Å²) in [6.45, 7) is 0.202. The summed E-state index contributed by atoms with van der Waals surface area (Å²) < 4.78 is 43.3. The minimum atomic E-state index is -4.38. The Hall–Kier alpha value is -3.37. The van der Waals surface area contributed by atoms with Crippen molar-refractivity contribution < 1.29 is 27.8 Å². The van der Waals surface area contributed by atoms with Crippen molar-refractivity contribution in [3.63, 3.8) is 0 Å². The van der Waals surface area contributed by atoms with Crippen LogP contribution >= 0.6 is 11.8 Å². The average molecular weight is 487 g/mol. The molecule has 1 N–H and O–H groups in total. The van der Waals surface area contributed by atoms with Gasteiger partial charge in [0.05, 0.1) is 16.9 Å². The van der Waals surface area contributed by atoms with Gasteiger partial charge in [-0.25, -0.2) is 4.79 Å². The number of allylic oxidation sites excluding steroid dienone is 5. The molecule has 0 heterocycles. The summed E-state index contributed by atoms with van der Waals surface area (Å²) in [6.07, 6.45) is 9.38. The second-order valence-corrected chi connectivity index (χ2v) is 7.89. The van der Waals surface area contributed by atoms with E-state index in [2.05, 4.69) is 11.8 Å². The van der Waals surface area contributed by atoms with Gasteiger partial charge in [-0.3, -0.25) is 0 Å². The third kappa shape index (κ3) is 10.5. The van der Waals surface area contributed by atoms with Gasteiger partial charge >= 0.3 is 12.1 Å². The van der Waals surface area contributed by atoms with Gasteiger partial charge in [-0.2, -0.15) is 13.2 Å². The Bertz CT molecular complexity index is 1080. The van der Waals surface area contributed by atoms with Gasteiger partial charge in [-0.15, -0.1) is 11.8 Å². The lowest BCUT2D eigenvalue weighted by atomic mass is 10.2. The van der Waals surface area contributed by atoms with Gasteiger partial charge in [0.2, 0.25) is 0 Å². The third-order valence-electron chi connectivity index (χ3n) is 4.31. The van der Waals surface area contributed by atoms with Gasteiger partial charge in [0, 0.05) is 11.3 Å². The number of carboxylic acid groups (broad SMARTS) is 1. The van der Waals surface area contributed by atoms with E-state index in [9.17, 15) is 18.0 Å². The number of hydrogen-bond donors (Lipinski definition) is 1. The molecule has 0 aliphatic carbocycles. The van der Waals surface area contributed by atoms with Crippen molar-refractivity contribution in [3.8, 4) is 17.6 Å². The number of carboxylic acids is 1. The van der Waals surface area contributed by atoms with Crippen LogP contribution in [0.25, 0.3) is 0 Å². The topological polar surface area (TPSA) is 46.5 Å². The molecule has 0 aromatic heterocycles. The first kappa shape index (κ1) is 26.9. The Morgan fingerprint density at radius 2 is 1.65 bits per heavy atom. The summed E-state index contributed by atoms with van der Waals surface area (Å²) >= 11 is 1.41. The number of benzene rings is 2. The van der Waals surface area contributed by atoms with Crippen molar-refractivity contribution in [1.29, 1.82) is 0 Å². The summed E-state index contributed by atoms with van der Waals surface area (Å²) in [5.74, 6) is 5.84. The van der Waals surface area contributed by atoms with Crippen molar-refractivity contribution in [3.05, 3.63) is 96.1 Å². The van der Waals surface area contributed by atoms with E-state index >= 15 is 0 Å². The zero-order valence-electron chi connectivity index (χ0n) is 18.4. The van der Waals surface area contributed by atoms with Gasteiger partial charge < -0.3 is 9.84 Å². The van der Waals surface area contributed by atoms with Crippen LogP contribution in [-0.4, -0.2) is 23.4 Å². The molecular formula is C27H25F3O3S. The van der Waals surface area contributed by atoms with E-state index in [1.54, 1.807) is 24.3 Å². The highest BCUT2D eigenvalue weighted by molar-refractivity contribution is 7.99. The molecule has 0 aliphatic heterocycles. The molecule has 7 heteroatoms. The molecule has 0 fully saturated rings. The van der Waals surface area contributed by atoms with Crippen molar-refractivity contribution in [2.45, 2.75) is 30.3 Å². The number of rotatable bonds is 11. The molecule has 0 atom stereocenters. The first-order valence-corrected chi connectivity index (χ1v) is 11.5. The predicted molar refractivity (Wildman–Crippen MR) is 130 cm³/mol. The van der Waals surface area contributed by atoms with E-state index in [1.807, 2.05) is 36.4 Å². The summed E-state index contributed by atoms with van der Waals surface area (Å²) in [5, 5.41) is 9.15. The second kappa shape index (κ2) is 14.7. The van der Waals surface area contributed by atoms with Crippen LogP contribution in [0, 0.1) is 11.8 Å². The second-order valence-electron chi connectivity index (χ2n) is 6.87. The Morgan fingerprint density at radius 3 is 2.38 bits per heavy atom. The standard InChI is InChI=1S/C27H25F3O3S/c28-27(29,30)22-15-14-16-23(21-22)33-19-12-8-6-4-2-1-3-5-7-9-13-20-34-25-18-11-10-17-24(25)26(31)32/h2-5,8,10-12,14-18,21H,1,6-7,19-20H2,(H,31,32). The summed E-state index contributed by atoms with van der Waals surface area (Å²) in [5.41, 5.74) is -0.435. The molecule has 2 aromatic carbocycles. The van der Waals surface area contributed by atoms with E-state index in [-0.39, 0.29) is 12.4 Å². The van der Waals surface area contributed by atoms with E-state index in [1.165, 1.54) is 23.9 Å². The van der Waals surface area contributed by atoms with Crippen LogP contribution in [0.3, 0.4) is 0 Å². The molecule has 0 aliphatic rings. The van der Waals surface area contributed by atoms with Gasteiger partial charge in [0.25, 0.3) is 0 Å². The molecule has 0 bridgehead atoms. The van der Waals surface area contributed by atoms with Crippen molar-refractivity contribution in [2.75, 3.05) is 12.4 Å². The fraction of sp³-hybridized carbons (Fsp3) is 0.222. The van der Waals surface area contributed by atoms with Crippen LogP contribution in [0.2, 0.25) is 0 Å². The molecule has 178 valence electrons. The summed E-state index contributed by atoms with van der Waals surface area (Å²) in [4.78, 5) is 11.9. The van der Waals surface area contributed by atoms with Crippen LogP contribution in [0.5, 0.6) is 5.75 Å². The first-order chi connectivity index (χ1) is 16.4. The van der Waals surface area contributed by atoms with Crippen molar-refractivity contribution >= 4 is 17.7 Å². The Labute approximate surface area is 202 Å². The van der Waals surface area contributed by atoms with Gasteiger partial charge in [-0.1, -0.05) is 66.5 Å². The molecule has 0 unspecified atom stereocenters. The maximum Gasteiger partial charge on any atom is 0.416 e. The zero-order valence-corrected chi connectivity index (χ0v) is 19.2. The number of thioether (sulfide) groups is 1. The maximum absolute atomic E-state index is 12.7. The highest BCUT2D eigenvalue weighted by Crippen LogP contribution is 2.31. The Kier molecular flexibility index (Phi) is 11.6. The maximum atomic E-state index is 12.7. The van der Waals surface area contributed by atoms with Crippen LogP contribution in [0.4, 0.5) is 13.2 Å². The largest absolute Gasteiger partial charge is 0.490 e. The number of alkyl halides is 3. The van der Waals surface area contributed by atoms with Crippen LogP contribution < -0.4 is 4.74 Å². The highest BCUT2D eigenvalue weighted by Gasteiger charge is 2.30. The van der Waals surface area contributed by atoms with Crippen molar-refractivity contribution in [1.82, 2.24) is 0 Å². The average Bonchev–Trinajstić information content (AvgIpc) is 2.81. The molecule has 34 heavy (non-hydrogen) atoms. The minimum absolute atomic E-state index is 0.187. The smallest absolute Gasteiger partial charge is 0.416 e. The normalized spacial score (nSPS) is 11.7. The van der Waals surface area contributed by atoms with E-state index in [4.69, 9.17) is 9.84 Å². The Balaban J connectivity index is 1.57. The number of carbonyl (C=O) groups is 1. The lowest BCUT2D eigenvalue weighted by molar-refractivity contribution is -0.137. The monoisotopic (exact) mass is 486 g/mol. The van der Waals surface area contributed by atoms with E-state index < -0.39 is 17.7 Å². The molecule has 0 spiro atoms. The SMILES string of the molecule is O=C(O)c1ccccc1SCC#CCC=CCC=CCC=CCOc1cccc(C(F)(F)F)c1. The van der Waals surface area contributed by atoms with Crippen LogP contribution in [0.15, 0.2) is 89.9 Å². The molecule has 0 saturated heterocycles. The summed E-state index contributed by atoms with van der Waals surface area (Å²) in [7, 11) is 0. The fourth-order valence-corrected chi connectivity index (χ4v) is 3.48. The quantitative estimate of drug-likeness (QED) is 0.204. The minimum Gasteiger partial charge on any atom is -0.490 e. The molecule has 3 nitrogen and oxygen atoms in total. The lowest BCUT2D eigenvalue weighted by Crippen LogP contribution is -2.05. The number of aromatic carboxylic acids is 1. The molecule has 2 aromatic rings. The molecular weight excluding hydrogens is 461 g/mol. The number of hydrogen-bond acceptors (Lipinski definition) is 3. The van der Waals surface area contributed by atoms with E-state index in [0.717, 1.165) is 18.6 Å². The number of halogens is 3. The van der Waals surface area contributed by atoms with Gasteiger partial charge in [0.15, 0.2) is 0 Å². The molecule has 2 rings (SSSR count). The first-order valence-electron chi connectivity index (χ1n) is 10.5. The molecule has 0 saturated carbocycles. The zero-order chi connectivity index (χ0) is 24.7. The predicted octanol–water partition coefficient (Wildman–Crippen LogP) is 7.42. The summed E-state index contributed by atoms with van der Waals surface area (Å²) in [6, 6.07) is 11.7. The van der Waals surface area contributed by atoms with Crippen LogP contribution in [-0.2, 0) is 6.18 Å². The highest BCUT2D eigenvalue weighted by atomic mass is 32.2. The lowest BCUT2D eigenvalue weighted by Gasteiger charge is -2.08. The van der Waals surface area contributed by atoms with Gasteiger partial charge in [-0.05, 0) is 43.2 Å².